The van der Waals surface area contributed by atoms with Gasteiger partial charge in [-0.3, -0.25) is 4.79 Å². The summed E-state index contributed by atoms with van der Waals surface area (Å²) in [7, 11) is 3.27. The molecule has 1 amide bonds. The number of carbonyl (C=O) groups excluding carboxylic acids is 1. The van der Waals surface area contributed by atoms with E-state index < -0.39 is 0 Å². The molecule has 0 saturated carbocycles. The summed E-state index contributed by atoms with van der Waals surface area (Å²) in [5, 5.41) is 2.92. The second-order valence-electron chi connectivity index (χ2n) is 4.90. The highest BCUT2D eigenvalue weighted by molar-refractivity contribution is 5.76. The van der Waals surface area contributed by atoms with Gasteiger partial charge in [0.05, 0.1) is 14.2 Å². The molecule has 0 saturated heterocycles. The lowest BCUT2D eigenvalue weighted by Crippen LogP contribution is -2.23. The van der Waals surface area contributed by atoms with E-state index in [0.29, 0.717) is 19.4 Å². The van der Waals surface area contributed by atoms with E-state index in [9.17, 15) is 4.79 Å². The number of rotatable bonds is 7. The van der Waals surface area contributed by atoms with E-state index in [4.69, 9.17) is 9.47 Å². The Balaban J connectivity index is 1.86. The first-order chi connectivity index (χ1) is 10.7. The van der Waals surface area contributed by atoms with Gasteiger partial charge in [0.1, 0.15) is 11.5 Å². The molecule has 0 radical (unpaired) electrons. The zero-order chi connectivity index (χ0) is 15.8. The van der Waals surface area contributed by atoms with Crippen molar-refractivity contribution < 1.29 is 14.3 Å². The molecule has 0 atom stereocenters. The van der Waals surface area contributed by atoms with E-state index in [1.807, 2.05) is 48.5 Å². The molecule has 0 aliphatic rings. The average Bonchev–Trinajstić information content (AvgIpc) is 2.58. The van der Waals surface area contributed by atoms with Gasteiger partial charge in [-0.15, -0.1) is 0 Å². The number of para-hydroxylation sites is 2. The first-order valence-electron chi connectivity index (χ1n) is 7.25. The van der Waals surface area contributed by atoms with Crippen LogP contribution in [0.4, 0.5) is 0 Å². The van der Waals surface area contributed by atoms with Crippen molar-refractivity contribution in [1.29, 1.82) is 0 Å². The van der Waals surface area contributed by atoms with Crippen LogP contribution in [0.3, 0.4) is 0 Å². The van der Waals surface area contributed by atoms with Crippen molar-refractivity contribution in [3.8, 4) is 11.5 Å². The topological polar surface area (TPSA) is 47.6 Å². The highest BCUT2D eigenvalue weighted by Gasteiger charge is 2.07. The van der Waals surface area contributed by atoms with Gasteiger partial charge in [0, 0.05) is 18.5 Å². The minimum absolute atomic E-state index is 0.0109. The molecule has 4 heteroatoms. The molecule has 2 rings (SSSR count). The van der Waals surface area contributed by atoms with Gasteiger partial charge in [-0.2, -0.15) is 0 Å². The Kier molecular flexibility index (Phi) is 5.83. The number of ether oxygens (including phenoxy) is 2. The Bertz CT molecular complexity index is 572. The van der Waals surface area contributed by atoms with Crippen molar-refractivity contribution >= 4 is 5.91 Å². The van der Waals surface area contributed by atoms with Crippen molar-refractivity contribution in [1.82, 2.24) is 5.32 Å². The van der Waals surface area contributed by atoms with Gasteiger partial charge in [-0.1, -0.05) is 36.4 Å². The first-order valence-corrected chi connectivity index (χ1v) is 7.25. The fraction of sp³-hybridized carbons (Fsp3) is 0.278. The zero-order valence-electron chi connectivity index (χ0n) is 13.0. The van der Waals surface area contributed by atoms with Crippen molar-refractivity contribution in [2.24, 2.45) is 0 Å². The van der Waals surface area contributed by atoms with Crippen LogP contribution in [0.5, 0.6) is 11.5 Å². The van der Waals surface area contributed by atoms with Crippen LogP contribution in [0.1, 0.15) is 17.5 Å². The van der Waals surface area contributed by atoms with Gasteiger partial charge in [0.25, 0.3) is 0 Å². The molecular weight excluding hydrogens is 278 g/mol. The standard InChI is InChI=1S/C18H21NO3/c1-21-16-9-5-3-7-14(16)11-12-18(20)19-13-15-8-4-6-10-17(15)22-2/h3-10H,11-13H2,1-2H3,(H,19,20). The molecule has 2 aromatic carbocycles. The van der Waals surface area contributed by atoms with Crippen molar-refractivity contribution in [3.05, 3.63) is 59.7 Å². The average molecular weight is 299 g/mol. The lowest BCUT2D eigenvalue weighted by Gasteiger charge is -2.10. The summed E-state index contributed by atoms with van der Waals surface area (Å²) in [5.74, 6) is 1.62. The Morgan fingerprint density at radius 2 is 1.45 bits per heavy atom. The molecule has 0 heterocycles. The van der Waals surface area contributed by atoms with Crippen molar-refractivity contribution in [3.63, 3.8) is 0 Å². The second kappa shape index (κ2) is 8.08. The molecule has 0 unspecified atom stereocenters. The normalized spacial score (nSPS) is 10.1. The Morgan fingerprint density at radius 3 is 2.09 bits per heavy atom. The summed E-state index contributed by atoms with van der Waals surface area (Å²) in [4.78, 5) is 12.0. The fourth-order valence-electron chi connectivity index (χ4n) is 2.29. The molecule has 22 heavy (non-hydrogen) atoms. The zero-order valence-corrected chi connectivity index (χ0v) is 13.0. The van der Waals surface area contributed by atoms with Crippen LogP contribution in [-0.4, -0.2) is 20.1 Å². The molecule has 2 aromatic rings. The predicted octanol–water partition coefficient (Wildman–Crippen LogP) is 2.95. The summed E-state index contributed by atoms with van der Waals surface area (Å²) < 4.78 is 10.6. The maximum Gasteiger partial charge on any atom is 0.220 e. The summed E-state index contributed by atoms with van der Waals surface area (Å²) in [6.45, 7) is 0.467. The lowest BCUT2D eigenvalue weighted by molar-refractivity contribution is -0.121. The van der Waals surface area contributed by atoms with E-state index in [1.54, 1.807) is 14.2 Å². The van der Waals surface area contributed by atoms with Gasteiger partial charge < -0.3 is 14.8 Å². The summed E-state index contributed by atoms with van der Waals surface area (Å²) in [6, 6.07) is 15.4. The molecule has 116 valence electrons. The van der Waals surface area contributed by atoms with Gasteiger partial charge in [-0.05, 0) is 24.1 Å². The van der Waals surface area contributed by atoms with Crippen molar-refractivity contribution in [2.45, 2.75) is 19.4 Å². The third-order valence-electron chi connectivity index (χ3n) is 3.48. The SMILES string of the molecule is COc1ccccc1CCC(=O)NCc1ccccc1OC. The van der Waals surface area contributed by atoms with Crippen LogP contribution in [-0.2, 0) is 17.8 Å². The van der Waals surface area contributed by atoms with Gasteiger partial charge in [0.2, 0.25) is 5.91 Å². The third kappa shape index (κ3) is 4.25. The number of aryl methyl sites for hydroxylation is 1. The van der Waals surface area contributed by atoms with Gasteiger partial charge in [-0.25, -0.2) is 0 Å². The lowest BCUT2D eigenvalue weighted by atomic mass is 10.1. The largest absolute Gasteiger partial charge is 0.496 e. The summed E-state index contributed by atoms with van der Waals surface area (Å²) in [5.41, 5.74) is 2.01. The maximum absolute atomic E-state index is 12.0. The van der Waals surface area contributed by atoms with E-state index in [0.717, 1.165) is 22.6 Å². The summed E-state index contributed by atoms with van der Waals surface area (Å²) in [6.07, 6.45) is 1.08. The highest BCUT2D eigenvalue weighted by atomic mass is 16.5. The molecule has 4 nitrogen and oxygen atoms in total. The van der Waals surface area contributed by atoms with E-state index in [1.165, 1.54) is 0 Å². The van der Waals surface area contributed by atoms with Gasteiger partial charge in [0.15, 0.2) is 0 Å². The number of methoxy groups -OCH3 is 2. The molecule has 0 spiro atoms. The maximum atomic E-state index is 12.0. The number of benzene rings is 2. The minimum Gasteiger partial charge on any atom is -0.496 e. The molecule has 0 aliphatic carbocycles. The van der Waals surface area contributed by atoms with Crippen LogP contribution in [0, 0.1) is 0 Å². The molecule has 0 bridgehead atoms. The monoisotopic (exact) mass is 299 g/mol. The Hall–Kier alpha value is -2.49. The number of carbonyl (C=O) groups is 1. The highest BCUT2D eigenvalue weighted by Crippen LogP contribution is 2.19. The van der Waals surface area contributed by atoms with Crippen molar-refractivity contribution in [2.75, 3.05) is 14.2 Å². The number of nitrogens with one attached hydrogen (secondary N) is 1. The van der Waals surface area contributed by atoms with E-state index in [-0.39, 0.29) is 5.91 Å². The second-order valence-corrected chi connectivity index (χ2v) is 4.90. The quantitative estimate of drug-likeness (QED) is 0.855. The van der Waals surface area contributed by atoms with Gasteiger partial charge >= 0.3 is 0 Å². The Morgan fingerprint density at radius 1 is 0.909 bits per heavy atom. The molecule has 1 N–H and O–H groups in total. The molecule has 0 aliphatic heterocycles. The number of amides is 1. The summed E-state index contributed by atoms with van der Waals surface area (Å²) >= 11 is 0. The van der Waals surface area contributed by atoms with Crippen LogP contribution in [0.15, 0.2) is 48.5 Å². The fourth-order valence-corrected chi connectivity index (χ4v) is 2.29. The number of hydrogen-bond acceptors (Lipinski definition) is 3. The van der Waals surface area contributed by atoms with E-state index in [2.05, 4.69) is 5.32 Å². The predicted molar refractivity (Wildman–Crippen MR) is 86.2 cm³/mol. The Labute approximate surface area is 131 Å². The third-order valence-corrected chi connectivity index (χ3v) is 3.48. The number of hydrogen-bond donors (Lipinski definition) is 1. The smallest absolute Gasteiger partial charge is 0.220 e. The van der Waals surface area contributed by atoms with Crippen LogP contribution in [0.25, 0.3) is 0 Å². The van der Waals surface area contributed by atoms with Crippen LogP contribution < -0.4 is 14.8 Å². The van der Waals surface area contributed by atoms with Crippen LogP contribution in [0.2, 0.25) is 0 Å². The molecule has 0 aromatic heterocycles. The molecule has 0 fully saturated rings. The molecular formula is C18H21NO3. The van der Waals surface area contributed by atoms with Crippen LogP contribution >= 0.6 is 0 Å². The first kappa shape index (κ1) is 15.9. The van der Waals surface area contributed by atoms with E-state index >= 15 is 0 Å². The minimum atomic E-state index is 0.0109.